The number of hydrogen-bond acceptors (Lipinski definition) is 3. The lowest BCUT2D eigenvalue weighted by atomic mass is 9.80. The minimum absolute atomic E-state index is 0.124. The molecular formula is C14H17ClN2O3. The lowest BCUT2D eigenvalue weighted by Gasteiger charge is -2.36. The van der Waals surface area contributed by atoms with Crippen molar-refractivity contribution >= 4 is 23.4 Å². The van der Waals surface area contributed by atoms with Crippen LogP contribution in [0, 0.1) is 0 Å². The summed E-state index contributed by atoms with van der Waals surface area (Å²) in [6.07, 6.45) is 2.40. The first-order valence-corrected chi connectivity index (χ1v) is 6.89. The topological polar surface area (TPSA) is 78.4 Å². The van der Waals surface area contributed by atoms with Gasteiger partial charge in [-0.05, 0) is 37.5 Å². The molecule has 0 aromatic heterocycles. The summed E-state index contributed by atoms with van der Waals surface area (Å²) in [5, 5.41) is 15.4. The molecule has 0 saturated heterocycles. The zero-order valence-electron chi connectivity index (χ0n) is 11.0. The Kier molecular flexibility index (Phi) is 4.62. The second kappa shape index (κ2) is 6.24. The Hall–Kier alpha value is -1.59. The molecule has 2 rings (SSSR count). The molecule has 20 heavy (non-hydrogen) atoms. The van der Waals surface area contributed by atoms with Crippen molar-refractivity contribution in [2.45, 2.75) is 24.9 Å². The van der Waals surface area contributed by atoms with Gasteiger partial charge in [-0.2, -0.15) is 0 Å². The lowest BCUT2D eigenvalue weighted by Crippen LogP contribution is -2.49. The standard InChI is InChI=1S/C14H17ClN2O3/c15-11-4-1-3-10(7-11)13(19)16-8-12(18)17-9-14(20)5-2-6-14/h1,3-4,7,20H,2,5-6,8-9H2,(H,16,19)(H,17,18). The zero-order valence-corrected chi connectivity index (χ0v) is 11.7. The summed E-state index contributed by atoms with van der Waals surface area (Å²) < 4.78 is 0. The second-order valence-corrected chi connectivity index (χ2v) is 5.48. The van der Waals surface area contributed by atoms with Gasteiger partial charge in [-0.3, -0.25) is 9.59 Å². The number of aliphatic hydroxyl groups is 1. The highest BCUT2D eigenvalue weighted by Crippen LogP contribution is 2.30. The van der Waals surface area contributed by atoms with Gasteiger partial charge in [-0.25, -0.2) is 0 Å². The first-order chi connectivity index (χ1) is 9.48. The Bertz CT molecular complexity index is 515. The molecule has 108 valence electrons. The first kappa shape index (κ1) is 14.8. The molecule has 0 bridgehead atoms. The van der Waals surface area contributed by atoms with Crippen LogP contribution in [0.5, 0.6) is 0 Å². The van der Waals surface area contributed by atoms with Crippen molar-refractivity contribution in [2.24, 2.45) is 0 Å². The van der Waals surface area contributed by atoms with Crippen molar-refractivity contribution in [3.63, 3.8) is 0 Å². The summed E-state index contributed by atoms with van der Waals surface area (Å²) in [5.41, 5.74) is -0.352. The summed E-state index contributed by atoms with van der Waals surface area (Å²) in [7, 11) is 0. The van der Waals surface area contributed by atoms with Gasteiger partial charge in [0, 0.05) is 17.1 Å². The molecule has 0 heterocycles. The van der Waals surface area contributed by atoms with Crippen molar-refractivity contribution in [1.82, 2.24) is 10.6 Å². The molecule has 1 aromatic rings. The summed E-state index contributed by atoms with van der Waals surface area (Å²) in [5.74, 6) is -0.675. The largest absolute Gasteiger partial charge is 0.388 e. The average Bonchev–Trinajstić information content (AvgIpc) is 2.40. The summed E-state index contributed by atoms with van der Waals surface area (Å²) in [6.45, 7) is 0.111. The third-order valence-electron chi connectivity index (χ3n) is 3.40. The maximum absolute atomic E-state index is 11.8. The monoisotopic (exact) mass is 296 g/mol. The van der Waals surface area contributed by atoms with E-state index in [0.717, 1.165) is 6.42 Å². The number of nitrogens with one attached hydrogen (secondary N) is 2. The maximum Gasteiger partial charge on any atom is 0.251 e. The molecule has 5 nitrogen and oxygen atoms in total. The first-order valence-electron chi connectivity index (χ1n) is 6.51. The van der Waals surface area contributed by atoms with Crippen molar-refractivity contribution in [3.05, 3.63) is 34.9 Å². The molecule has 3 N–H and O–H groups in total. The molecule has 1 fully saturated rings. The molecular weight excluding hydrogens is 280 g/mol. The predicted octanol–water partition coefficient (Wildman–Crippen LogP) is 1.10. The number of amides is 2. The van der Waals surface area contributed by atoms with Crippen LogP contribution in [0.1, 0.15) is 29.6 Å². The van der Waals surface area contributed by atoms with E-state index in [2.05, 4.69) is 10.6 Å². The van der Waals surface area contributed by atoms with E-state index in [-0.39, 0.29) is 24.9 Å². The molecule has 0 aliphatic heterocycles. The van der Waals surface area contributed by atoms with Gasteiger partial charge in [0.25, 0.3) is 5.91 Å². The number of rotatable bonds is 5. The van der Waals surface area contributed by atoms with Crippen LogP contribution < -0.4 is 10.6 Å². The molecule has 6 heteroatoms. The van der Waals surface area contributed by atoms with Crippen molar-refractivity contribution in [1.29, 1.82) is 0 Å². The summed E-state index contributed by atoms with van der Waals surface area (Å²) in [6, 6.07) is 6.50. The number of hydrogen-bond donors (Lipinski definition) is 3. The van der Waals surface area contributed by atoms with Gasteiger partial charge in [-0.1, -0.05) is 17.7 Å². The molecule has 1 aliphatic rings. The lowest BCUT2D eigenvalue weighted by molar-refractivity contribution is -0.122. The van der Waals surface area contributed by atoms with Crippen LogP contribution in [0.2, 0.25) is 5.02 Å². The Morgan fingerprint density at radius 3 is 2.65 bits per heavy atom. The molecule has 1 aliphatic carbocycles. The van der Waals surface area contributed by atoms with Crippen LogP contribution in [-0.2, 0) is 4.79 Å². The van der Waals surface area contributed by atoms with E-state index in [1.54, 1.807) is 18.2 Å². The summed E-state index contributed by atoms with van der Waals surface area (Å²) in [4.78, 5) is 23.3. The van der Waals surface area contributed by atoms with E-state index in [0.29, 0.717) is 23.4 Å². The van der Waals surface area contributed by atoms with Gasteiger partial charge in [0.2, 0.25) is 5.91 Å². The third-order valence-corrected chi connectivity index (χ3v) is 3.63. The molecule has 2 amide bonds. The minimum atomic E-state index is -0.757. The van der Waals surface area contributed by atoms with Gasteiger partial charge in [0.1, 0.15) is 0 Å². The van der Waals surface area contributed by atoms with E-state index in [4.69, 9.17) is 11.6 Å². The number of carbonyl (C=O) groups excluding carboxylic acids is 2. The number of benzene rings is 1. The van der Waals surface area contributed by atoms with Crippen LogP contribution in [0.4, 0.5) is 0 Å². The highest BCUT2D eigenvalue weighted by Gasteiger charge is 2.34. The van der Waals surface area contributed by atoms with Crippen molar-refractivity contribution < 1.29 is 14.7 Å². The Labute approximate surface area is 122 Å². The van der Waals surface area contributed by atoms with Crippen LogP contribution in [0.25, 0.3) is 0 Å². The molecule has 0 atom stereocenters. The van der Waals surface area contributed by atoms with Crippen molar-refractivity contribution in [3.8, 4) is 0 Å². The van der Waals surface area contributed by atoms with Crippen LogP contribution in [0.3, 0.4) is 0 Å². The molecule has 0 unspecified atom stereocenters. The quantitative estimate of drug-likeness (QED) is 0.761. The highest BCUT2D eigenvalue weighted by molar-refractivity contribution is 6.30. The normalized spacial score (nSPS) is 16.1. The van der Waals surface area contributed by atoms with E-state index < -0.39 is 5.60 Å². The highest BCUT2D eigenvalue weighted by atomic mass is 35.5. The van der Waals surface area contributed by atoms with E-state index in [1.165, 1.54) is 6.07 Å². The second-order valence-electron chi connectivity index (χ2n) is 5.05. The van der Waals surface area contributed by atoms with Gasteiger partial charge in [-0.15, -0.1) is 0 Å². The third kappa shape index (κ3) is 3.95. The van der Waals surface area contributed by atoms with Crippen molar-refractivity contribution in [2.75, 3.05) is 13.1 Å². The van der Waals surface area contributed by atoms with E-state index >= 15 is 0 Å². The molecule has 0 radical (unpaired) electrons. The fraction of sp³-hybridized carbons (Fsp3) is 0.429. The smallest absolute Gasteiger partial charge is 0.251 e. The SMILES string of the molecule is O=C(CNC(=O)c1cccc(Cl)c1)NCC1(O)CCC1. The van der Waals surface area contributed by atoms with Gasteiger partial charge in [0.15, 0.2) is 0 Å². The van der Waals surface area contributed by atoms with Gasteiger partial charge in [0.05, 0.1) is 12.1 Å². The number of carbonyl (C=O) groups is 2. The maximum atomic E-state index is 11.8. The van der Waals surface area contributed by atoms with Gasteiger partial charge >= 0.3 is 0 Å². The fourth-order valence-electron chi connectivity index (χ4n) is 1.98. The van der Waals surface area contributed by atoms with Crippen LogP contribution in [0.15, 0.2) is 24.3 Å². The van der Waals surface area contributed by atoms with E-state index in [9.17, 15) is 14.7 Å². The van der Waals surface area contributed by atoms with E-state index in [1.807, 2.05) is 0 Å². The predicted molar refractivity (Wildman–Crippen MR) is 75.6 cm³/mol. The van der Waals surface area contributed by atoms with Crippen LogP contribution in [-0.4, -0.2) is 35.6 Å². The minimum Gasteiger partial charge on any atom is -0.388 e. The number of halogens is 1. The molecule has 1 saturated carbocycles. The van der Waals surface area contributed by atoms with Gasteiger partial charge < -0.3 is 15.7 Å². The average molecular weight is 297 g/mol. The Balaban J connectivity index is 1.74. The Morgan fingerprint density at radius 1 is 1.30 bits per heavy atom. The zero-order chi connectivity index (χ0) is 14.6. The van der Waals surface area contributed by atoms with Crippen LogP contribution >= 0.6 is 11.6 Å². The molecule has 0 spiro atoms. The summed E-state index contributed by atoms with van der Waals surface area (Å²) >= 11 is 5.79. The fourth-order valence-corrected chi connectivity index (χ4v) is 2.17. The molecule has 1 aromatic carbocycles. The Morgan fingerprint density at radius 2 is 2.05 bits per heavy atom.